The largest absolute Gasteiger partial charge is 0.480 e. The summed E-state index contributed by atoms with van der Waals surface area (Å²) in [6.07, 6.45) is 3.64. The molecule has 0 atom stereocenters. The molecule has 1 heterocycles. The third-order valence-corrected chi connectivity index (χ3v) is 5.24. The van der Waals surface area contributed by atoms with Crippen molar-refractivity contribution in [1.29, 1.82) is 0 Å². The summed E-state index contributed by atoms with van der Waals surface area (Å²) in [5.41, 5.74) is 0. The Balaban J connectivity index is 2.20. The summed E-state index contributed by atoms with van der Waals surface area (Å²) in [5.74, 6) is 0.0662. The molecule has 2 N–H and O–H groups in total. The molecule has 6 nitrogen and oxygen atoms in total. The lowest BCUT2D eigenvalue weighted by Crippen LogP contribution is -2.38. The SMILES string of the molecule is COc1ncc(Br)cc1S(=O)(=O)N[C@H]1CC[C@H](O)CC1. The number of aromatic nitrogens is 1. The minimum Gasteiger partial charge on any atom is -0.480 e. The van der Waals surface area contributed by atoms with E-state index in [2.05, 4.69) is 25.6 Å². The topological polar surface area (TPSA) is 88.5 Å². The molecule has 1 fully saturated rings. The lowest BCUT2D eigenvalue weighted by Gasteiger charge is -2.26. The monoisotopic (exact) mass is 364 g/mol. The smallest absolute Gasteiger partial charge is 0.246 e. The van der Waals surface area contributed by atoms with E-state index in [0.717, 1.165) is 0 Å². The van der Waals surface area contributed by atoms with Crippen molar-refractivity contribution in [2.45, 2.75) is 42.7 Å². The van der Waals surface area contributed by atoms with E-state index >= 15 is 0 Å². The molecule has 2 rings (SSSR count). The zero-order valence-electron chi connectivity index (χ0n) is 11.0. The molecule has 1 aromatic heterocycles. The highest BCUT2D eigenvalue weighted by atomic mass is 79.9. The van der Waals surface area contributed by atoms with E-state index in [0.29, 0.717) is 30.2 Å². The first-order chi connectivity index (χ1) is 9.42. The third kappa shape index (κ3) is 3.69. The number of halogens is 1. The van der Waals surface area contributed by atoms with Gasteiger partial charge in [0.15, 0.2) is 0 Å². The Kier molecular flexibility index (Phi) is 5.00. The number of hydrogen-bond acceptors (Lipinski definition) is 5. The van der Waals surface area contributed by atoms with Crippen molar-refractivity contribution in [3.63, 3.8) is 0 Å². The molecule has 0 amide bonds. The van der Waals surface area contributed by atoms with E-state index in [9.17, 15) is 13.5 Å². The fourth-order valence-corrected chi connectivity index (χ4v) is 4.16. The van der Waals surface area contributed by atoms with Crippen LogP contribution in [0.25, 0.3) is 0 Å². The molecule has 0 spiro atoms. The van der Waals surface area contributed by atoms with Gasteiger partial charge in [0, 0.05) is 16.7 Å². The lowest BCUT2D eigenvalue weighted by atomic mass is 9.94. The zero-order chi connectivity index (χ0) is 14.8. The zero-order valence-corrected chi connectivity index (χ0v) is 13.4. The number of aliphatic hydroxyl groups is 1. The first kappa shape index (κ1) is 15.7. The molecule has 1 aromatic rings. The Bertz CT molecular complexity index is 571. The number of methoxy groups -OCH3 is 1. The Morgan fingerprint density at radius 3 is 2.65 bits per heavy atom. The Hall–Kier alpha value is -0.700. The predicted molar refractivity (Wildman–Crippen MR) is 77.1 cm³/mol. The van der Waals surface area contributed by atoms with Gasteiger partial charge < -0.3 is 9.84 Å². The van der Waals surface area contributed by atoms with Crippen LogP contribution in [-0.2, 0) is 10.0 Å². The van der Waals surface area contributed by atoms with Gasteiger partial charge >= 0.3 is 0 Å². The maximum atomic E-state index is 12.4. The van der Waals surface area contributed by atoms with Crippen LogP contribution in [0.15, 0.2) is 21.6 Å². The Morgan fingerprint density at radius 2 is 2.05 bits per heavy atom. The van der Waals surface area contributed by atoms with Crippen molar-refractivity contribution in [3.05, 3.63) is 16.7 Å². The van der Waals surface area contributed by atoms with Crippen LogP contribution in [0, 0.1) is 0 Å². The molecule has 8 heteroatoms. The Labute approximate surface area is 126 Å². The molecular formula is C12H17BrN2O4S. The van der Waals surface area contributed by atoms with Gasteiger partial charge in [-0.1, -0.05) is 0 Å². The highest BCUT2D eigenvalue weighted by Crippen LogP contribution is 2.26. The maximum Gasteiger partial charge on any atom is 0.246 e. The van der Waals surface area contributed by atoms with E-state index in [1.165, 1.54) is 19.4 Å². The van der Waals surface area contributed by atoms with Crippen LogP contribution >= 0.6 is 15.9 Å². The summed E-state index contributed by atoms with van der Waals surface area (Å²) in [6, 6.07) is 1.30. The van der Waals surface area contributed by atoms with Crippen LogP contribution in [0.3, 0.4) is 0 Å². The van der Waals surface area contributed by atoms with Gasteiger partial charge in [0.2, 0.25) is 15.9 Å². The van der Waals surface area contributed by atoms with Crippen LogP contribution in [0.1, 0.15) is 25.7 Å². The van der Waals surface area contributed by atoms with E-state index in [-0.39, 0.29) is 22.9 Å². The van der Waals surface area contributed by atoms with Gasteiger partial charge in [-0.3, -0.25) is 0 Å². The molecule has 1 saturated carbocycles. The quantitative estimate of drug-likeness (QED) is 0.843. The van der Waals surface area contributed by atoms with Gasteiger partial charge in [-0.25, -0.2) is 18.1 Å². The van der Waals surface area contributed by atoms with E-state index in [4.69, 9.17) is 4.74 Å². The fraction of sp³-hybridized carbons (Fsp3) is 0.583. The van der Waals surface area contributed by atoms with E-state index in [1.807, 2.05) is 0 Å². The highest BCUT2D eigenvalue weighted by molar-refractivity contribution is 9.10. The summed E-state index contributed by atoms with van der Waals surface area (Å²) in [6.45, 7) is 0. The van der Waals surface area contributed by atoms with E-state index < -0.39 is 10.0 Å². The standard InChI is InChI=1S/C12H17BrN2O4S/c1-19-12-11(6-8(13)7-14-12)20(17,18)15-9-2-4-10(16)5-3-9/h6-7,9-10,15-16H,2-5H2,1H3/t9-,10-. The average molecular weight is 365 g/mol. The van der Waals surface area contributed by atoms with Gasteiger partial charge in [0.25, 0.3) is 0 Å². The van der Waals surface area contributed by atoms with E-state index in [1.54, 1.807) is 0 Å². The predicted octanol–water partition coefficient (Wildman–Crippen LogP) is 1.43. The van der Waals surface area contributed by atoms with Crippen LogP contribution in [0.5, 0.6) is 5.88 Å². The Morgan fingerprint density at radius 1 is 1.40 bits per heavy atom. The highest BCUT2D eigenvalue weighted by Gasteiger charge is 2.27. The lowest BCUT2D eigenvalue weighted by molar-refractivity contribution is 0.120. The number of nitrogens with zero attached hydrogens (tertiary/aromatic N) is 1. The van der Waals surface area contributed by atoms with Crippen molar-refractivity contribution < 1.29 is 18.3 Å². The van der Waals surface area contributed by atoms with Crippen LogP contribution in [0.2, 0.25) is 0 Å². The van der Waals surface area contributed by atoms with Gasteiger partial charge in [0.1, 0.15) is 4.90 Å². The molecule has 0 radical (unpaired) electrons. The fourth-order valence-electron chi connectivity index (χ4n) is 2.23. The normalized spacial score (nSPS) is 23.6. The average Bonchev–Trinajstić information content (AvgIpc) is 2.41. The number of ether oxygens (including phenoxy) is 1. The number of sulfonamides is 1. The second-order valence-electron chi connectivity index (χ2n) is 4.79. The van der Waals surface area contributed by atoms with Crippen LogP contribution < -0.4 is 9.46 Å². The number of nitrogens with one attached hydrogen (secondary N) is 1. The summed E-state index contributed by atoms with van der Waals surface area (Å²) < 4.78 is 33.0. The van der Waals surface area contributed by atoms with Gasteiger partial charge in [-0.05, 0) is 47.7 Å². The second kappa shape index (κ2) is 6.38. The summed E-state index contributed by atoms with van der Waals surface area (Å²) in [5, 5.41) is 9.45. The number of aliphatic hydroxyl groups excluding tert-OH is 1. The van der Waals surface area contributed by atoms with Gasteiger partial charge in [-0.15, -0.1) is 0 Å². The van der Waals surface area contributed by atoms with Crippen molar-refractivity contribution in [2.75, 3.05) is 7.11 Å². The van der Waals surface area contributed by atoms with Crippen molar-refractivity contribution in [1.82, 2.24) is 9.71 Å². The number of rotatable bonds is 4. The second-order valence-corrected chi connectivity index (χ2v) is 7.39. The van der Waals surface area contributed by atoms with Crippen molar-refractivity contribution in [2.24, 2.45) is 0 Å². The molecule has 0 unspecified atom stereocenters. The molecule has 0 aliphatic heterocycles. The molecule has 0 aromatic carbocycles. The first-order valence-corrected chi connectivity index (χ1v) is 8.60. The molecule has 1 aliphatic carbocycles. The first-order valence-electron chi connectivity index (χ1n) is 6.32. The minimum absolute atomic E-state index is 0.0143. The van der Waals surface area contributed by atoms with Gasteiger partial charge in [-0.2, -0.15) is 0 Å². The molecule has 0 bridgehead atoms. The van der Waals surface area contributed by atoms with Crippen LogP contribution in [-0.4, -0.2) is 37.8 Å². The number of hydrogen-bond donors (Lipinski definition) is 2. The molecule has 1 aliphatic rings. The molecule has 112 valence electrons. The molecule has 0 saturated heterocycles. The van der Waals surface area contributed by atoms with Crippen LogP contribution in [0.4, 0.5) is 0 Å². The molecule has 20 heavy (non-hydrogen) atoms. The summed E-state index contributed by atoms with van der Waals surface area (Å²) in [4.78, 5) is 3.95. The van der Waals surface area contributed by atoms with Crippen molar-refractivity contribution >= 4 is 26.0 Å². The summed E-state index contributed by atoms with van der Waals surface area (Å²) in [7, 11) is -2.31. The molecular weight excluding hydrogens is 348 g/mol. The van der Waals surface area contributed by atoms with Crippen molar-refractivity contribution in [3.8, 4) is 5.88 Å². The van der Waals surface area contributed by atoms with Gasteiger partial charge in [0.05, 0.1) is 13.2 Å². The number of pyridine rings is 1. The minimum atomic E-state index is -3.69. The maximum absolute atomic E-state index is 12.4. The summed E-state index contributed by atoms with van der Waals surface area (Å²) >= 11 is 3.21. The third-order valence-electron chi connectivity index (χ3n) is 3.29.